The summed E-state index contributed by atoms with van der Waals surface area (Å²) in [6.45, 7) is 12.7. The van der Waals surface area contributed by atoms with Gasteiger partial charge < -0.3 is 10.6 Å². The highest BCUT2D eigenvalue weighted by Gasteiger charge is 2.31. The molecule has 78 valence electrons. The highest BCUT2D eigenvalue weighted by atomic mass is 15.2. The highest BCUT2D eigenvalue weighted by Crippen LogP contribution is 2.33. The van der Waals surface area contributed by atoms with Gasteiger partial charge in [0.2, 0.25) is 0 Å². The van der Waals surface area contributed by atoms with Crippen molar-refractivity contribution < 1.29 is 0 Å². The van der Waals surface area contributed by atoms with E-state index in [0.29, 0.717) is 11.5 Å². The van der Waals surface area contributed by atoms with Gasteiger partial charge in [0.1, 0.15) is 0 Å². The van der Waals surface area contributed by atoms with E-state index < -0.39 is 0 Å². The maximum Gasteiger partial charge on any atom is 0.0139 e. The number of nitrogens with two attached hydrogens (primary N) is 1. The SMILES string of the molecule is C[C@H](N)CN1CCC(C(C)(C)C)C1. The zero-order valence-electron chi connectivity index (χ0n) is 9.51. The van der Waals surface area contributed by atoms with Crippen molar-refractivity contribution in [1.29, 1.82) is 0 Å². The van der Waals surface area contributed by atoms with Crippen LogP contribution in [0.15, 0.2) is 0 Å². The summed E-state index contributed by atoms with van der Waals surface area (Å²) in [5.41, 5.74) is 6.25. The number of likely N-dealkylation sites (tertiary alicyclic amines) is 1. The van der Waals surface area contributed by atoms with Gasteiger partial charge >= 0.3 is 0 Å². The second kappa shape index (κ2) is 3.97. The summed E-state index contributed by atoms with van der Waals surface area (Å²) < 4.78 is 0. The Kier molecular flexibility index (Phi) is 3.36. The summed E-state index contributed by atoms with van der Waals surface area (Å²) in [6, 6.07) is 0.318. The molecular formula is C11H24N2. The van der Waals surface area contributed by atoms with Crippen LogP contribution in [0.25, 0.3) is 0 Å². The minimum absolute atomic E-state index is 0.318. The van der Waals surface area contributed by atoms with E-state index in [9.17, 15) is 0 Å². The van der Waals surface area contributed by atoms with Crippen LogP contribution in [0.1, 0.15) is 34.1 Å². The third-order valence-corrected chi connectivity index (χ3v) is 3.04. The predicted octanol–water partition coefficient (Wildman–Crippen LogP) is 1.70. The van der Waals surface area contributed by atoms with Crippen molar-refractivity contribution in [3.8, 4) is 0 Å². The van der Waals surface area contributed by atoms with Gasteiger partial charge in [0.25, 0.3) is 0 Å². The molecule has 2 atom stereocenters. The smallest absolute Gasteiger partial charge is 0.0139 e. The molecular weight excluding hydrogens is 160 g/mol. The number of hydrogen-bond acceptors (Lipinski definition) is 2. The largest absolute Gasteiger partial charge is 0.327 e. The topological polar surface area (TPSA) is 29.3 Å². The predicted molar refractivity (Wildman–Crippen MR) is 57.7 cm³/mol. The van der Waals surface area contributed by atoms with Crippen molar-refractivity contribution in [3.63, 3.8) is 0 Å². The lowest BCUT2D eigenvalue weighted by Gasteiger charge is -2.27. The quantitative estimate of drug-likeness (QED) is 0.708. The minimum atomic E-state index is 0.318. The third kappa shape index (κ3) is 3.28. The number of nitrogens with zero attached hydrogens (tertiary/aromatic N) is 1. The van der Waals surface area contributed by atoms with E-state index in [4.69, 9.17) is 5.73 Å². The monoisotopic (exact) mass is 184 g/mol. The summed E-state index contributed by atoms with van der Waals surface area (Å²) in [7, 11) is 0. The van der Waals surface area contributed by atoms with E-state index in [0.717, 1.165) is 12.5 Å². The number of rotatable bonds is 2. The van der Waals surface area contributed by atoms with Gasteiger partial charge in [-0.15, -0.1) is 0 Å². The lowest BCUT2D eigenvalue weighted by molar-refractivity contribution is 0.225. The van der Waals surface area contributed by atoms with Crippen molar-refractivity contribution in [2.24, 2.45) is 17.1 Å². The second-order valence-corrected chi connectivity index (χ2v) is 5.59. The van der Waals surface area contributed by atoms with Crippen LogP contribution in [-0.2, 0) is 0 Å². The first-order valence-electron chi connectivity index (χ1n) is 5.37. The molecule has 1 heterocycles. The summed E-state index contributed by atoms with van der Waals surface area (Å²) in [5, 5.41) is 0. The fourth-order valence-corrected chi connectivity index (χ4v) is 2.11. The maximum absolute atomic E-state index is 5.79. The maximum atomic E-state index is 5.79. The van der Waals surface area contributed by atoms with E-state index >= 15 is 0 Å². The Morgan fingerprint density at radius 3 is 2.46 bits per heavy atom. The van der Waals surface area contributed by atoms with Gasteiger partial charge in [0.05, 0.1) is 0 Å². The molecule has 1 rings (SSSR count). The van der Waals surface area contributed by atoms with Crippen LogP contribution in [0.5, 0.6) is 0 Å². The molecule has 0 aromatic carbocycles. The third-order valence-electron chi connectivity index (χ3n) is 3.04. The summed E-state index contributed by atoms with van der Waals surface area (Å²) in [4.78, 5) is 2.50. The molecule has 0 spiro atoms. The molecule has 2 heteroatoms. The first kappa shape index (κ1) is 11.0. The van der Waals surface area contributed by atoms with Crippen molar-refractivity contribution in [2.75, 3.05) is 19.6 Å². The zero-order valence-corrected chi connectivity index (χ0v) is 9.51. The summed E-state index contributed by atoms with van der Waals surface area (Å²) >= 11 is 0. The van der Waals surface area contributed by atoms with Gasteiger partial charge in [0.15, 0.2) is 0 Å². The van der Waals surface area contributed by atoms with Crippen LogP contribution < -0.4 is 5.73 Å². The molecule has 0 saturated carbocycles. The van der Waals surface area contributed by atoms with E-state index in [1.165, 1.54) is 19.5 Å². The Hall–Kier alpha value is -0.0800. The molecule has 1 aliphatic heterocycles. The van der Waals surface area contributed by atoms with Gasteiger partial charge in [-0.25, -0.2) is 0 Å². The molecule has 0 aliphatic carbocycles. The van der Waals surface area contributed by atoms with E-state index in [1.807, 2.05) is 0 Å². The van der Waals surface area contributed by atoms with Crippen LogP contribution >= 0.6 is 0 Å². The van der Waals surface area contributed by atoms with Crippen molar-refractivity contribution in [2.45, 2.75) is 40.2 Å². The van der Waals surface area contributed by atoms with Crippen molar-refractivity contribution >= 4 is 0 Å². The average molecular weight is 184 g/mol. The van der Waals surface area contributed by atoms with Gasteiger partial charge in [-0.1, -0.05) is 20.8 Å². The Labute approximate surface area is 82.5 Å². The van der Waals surface area contributed by atoms with Crippen LogP contribution in [0.2, 0.25) is 0 Å². The van der Waals surface area contributed by atoms with Crippen LogP contribution in [0.3, 0.4) is 0 Å². The lowest BCUT2D eigenvalue weighted by atomic mass is 9.80. The van der Waals surface area contributed by atoms with Crippen LogP contribution in [0, 0.1) is 11.3 Å². The zero-order chi connectivity index (χ0) is 10.1. The molecule has 1 saturated heterocycles. The number of hydrogen-bond donors (Lipinski definition) is 1. The fraction of sp³-hybridized carbons (Fsp3) is 1.00. The summed E-state index contributed by atoms with van der Waals surface area (Å²) in [6.07, 6.45) is 1.34. The molecule has 13 heavy (non-hydrogen) atoms. The molecule has 0 aromatic rings. The van der Waals surface area contributed by atoms with E-state index in [1.54, 1.807) is 0 Å². The normalized spacial score (nSPS) is 27.9. The molecule has 1 fully saturated rings. The first-order chi connectivity index (χ1) is 5.89. The van der Waals surface area contributed by atoms with Gasteiger partial charge in [-0.05, 0) is 31.2 Å². The Morgan fingerprint density at radius 1 is 1.46 bits per heavy atom. The molecule has 0 radical (unpaired) electrons. The van der Waals surface area contributed by atoms with Gasteiger partial charge in [-0.2, -0.15) is 0 Å². The average Bonchev–Trinajstić information content (AvgIpc) is 2.32. The standard InChI is InChI=1S/C11H24N2/c1-9(12)7-13-6-5-10(8-13)11(2,3)4/h9-10H,5-8,12H2,1-4H3/t9-,10?/m0/s1. The van der Waals surface area contributed by atoms with Crippen molar-refractivity contribution in [3.05, 3.63) is 0 Å². The van der Waals surface area contributed by atoms with Crippen LogP contribution in [0.4, 0.5) is 0 Å². The molecule has 0 aromatic heterocycles. The van der Waals surface area contributed by atoms with Crippen molar-refractivity contribution in [1.82, 2.24) is 4.90 Å². The molecule has 2 N–H and O–H groups in total. The van der Waals surface area contributed by atoms with Gasteiger partial charge in [0, 0.05) is 19.1 Å². The first-order valence-corrected chi connectivity index (χ1v) is 5.37. The lowest BCUT2D eigenvalue weighted by Crippen LogP contribution is -2.35. The Balaban J connectivity index is 2.36. The van der Waals surface area contributed by atoms with Crippen LogP contribution in [-0.4, -0.2) is 30.6 Å². The molecule has 1 aliphatic rings. The highest BCUT2D eigenvalue weighted by molar-refractivity contribution is 4.84. The Bertz CT molecular complexity index is 158. The second-order valence-electron chi connectivity index (χ2n) is 5.59. The van der Waals surface area contributed by atoms with E-state index in [-0.39, 0.29) is 0 Å². The fourth-order valence-electron chi connectivity index (χ4n) is 2.11. The summed E-state index contributed by atoms with van der Waals surface area (Å²) in [5.74, 6) is 0.853. The van der Waals surface area contributed by atoms with Gasteiger partial charge in [-0.3, -0.25) is 0 Å². The van der Waals surface area contributed by atoms with E-state index in [2.05, 4.69) is 32.6 Å². The minimum Gasteiger partial charge on any atom is -0.327 e. The molecule has 0 bridgehead atoms. The molecule has 1 unspecified atom stereocenters. The Morgan fingerprint density at radius 2 is 2.08 bits per heavy atom. The molecule has 0 amide bonds. The molecule has 2 nitrogen and oxygen atoms in total.